The van der Waals surface area contributed by atoms with E-state index in [1.165, 1.54) is 46.6 Å². The highest BCUT2D eigenvalue weighted by atomic mass is 16.7. The van der Waals surface area contributed by atoms with Gasteiger partial charge in [-0.1, -0.05) is 273 Å². The Morgan fingerprint density at radius 1 is 0.331 bits per heavy atom. The summed E-state index contributed by atoms with van der Waals surface area (Å²) in [6.45, 7) is -0.276. The van der Waals surface area contributed by atoms with Crippen molar-refractivity contribution in [2.24, 2.45) is 0 Å². The van der Waals surface area contributed by atoms with E-state index in [0.717, 1.165) is 50.1 Å². The van der Waals surface area contributed by atoms with Crippen LogP contribution in [0.4, 0.5) is 0 Å². The Hall–Kier alpha value is -15.6. The number of amides is 3. The summed E-state index contributed by atoms with van der Waals surface area (Å²) in [4.78, 5) is 106. The van der Waals surface area contributed by atoms with E-state index >= 15 is 14.4 Å². The molecule has 0 aliphatic carbocycles. The van der Waals surface area contributed by atoms with Crippen molar-refractivity contribution < 1.29 is 66.7 Å². The number of rotatable bonds is 32. The fourth-order valence-electron chi connectivity index (χ4n) is 18.7. The van der Waals surface area contributed by atoms with Crippen LogP contribution < -0.4 is 30.2 Å². The summed E-state index contributed by atoms with van der Waals surface area (Å²) in [7, 11) is 5.19. The van der Waals surface area contributed by atoms with Gasteiger partial charge in [0.15, 0.2) is 0 Å². The second-order valence-electron chi connectivity index (χ2n) is 31.2. The number of esters is 3. The first-order valence-corrected chi connectivity index (χ1v) is 41.6. The van der Waals surface area contributed by atoms with Crippen LogP contribution in [0.25, 0.3) is 0 Å². The molecule has 15 aromatic rings. The summed E-state index contributed by atoms with van der Waals surface area (Å²) in [6, 6.07) is 95.5. The van der Waals surface area contributed by atoms with Crippen molar-refractivity contribution in [2.75, 3.05) is 41.8 Å². The first-order chi connectivity index (χ1) is 62.2. The van der Waals surface area contributed by atoms with E-state index in [-0.39, 0.29) is 107 Å². The first kappa shape index (κ1) is 82.4. The third-order valence-electron chi connectivity index (χ3n) is 24.2. The zero-order valence-corrected chi connectivity index (χ0v) is 69.8. The summed E-state index contributed by atoms with van der Waals surface area (Å²) in [5.74, 6) is -4.46. The lowest BCUT2D eigenvalue weighted by Gasteiger charge is -2.48. The third kappa shape index (κ3) is 14.7. The molecule has 0 radical (unpaired) electrons. The van der Waals surface area contributed by atoms with Gasteiger partial charge in [-0.05, 0) is 92.9 Å². The van der Waals surface area contributed by atoms with Crippen molar-refractivity contribution >= 4 is 35.6 Å². The average Bonchev–Trinajstić information content (AvgIpc) is 1.43. The van der Waals surface area contributed by atoms with E-state index in [4.69, 9.17) is 52.8 Å². The summed E-state index contributed by atoms with van der Waals surface area (Å²) >= 11 is 0. The average molecular weight is 1690 g/mol. The number of imidazole rings is 3. The molecular formula is C104H87N9O14. The molecule has 23 nitrogen and oxygen atoms in total. The van der Waals surface area contributed by atoms with Crippen LogP contribution in [0, 0.1) is 0 Å². The molecule has 3 atom stereocenters. The number of nitrogens with one attached hydrogen (secondary N) is 3. The minimum Gasteiger partial charge on any atom is -0.467 e. The van der Waals surface area contributed by atoms with Crippen LogP contribution >= 0.6 is 0 Å². The Labute approximate surface area is 732 Å². The molecule has 0 saturated carbocycles. The Kier molecular flexibility index (Phi) is 22.9. The maximum absolute atomic E-state index is 15.9. The second kappa shape index (κ2) is 35.3. The summed E-state index contributed by atoms with van der Waals surface area (Å²) in [5.41, 5.74) is 5.68. The van der Waals surface area contributed by atoms with Crippen molar-refractivity contribution in [3.63, 3.8) is 0 Å². The normalized spacial score (nSPS) is 13.3. The van der Waals surface area contributed by atoms with E-state index in [1.54, 1.807) is 37.2 Å². The number of methoxy groups -OCH3 is 4. The SMILES string of the molecule is COCOCCC12c3c4ccc(C(=O)N[C@@H](Cc5cn(C(c6ccccc6)(c6ccccc6)c6ccccc6)cn5)C(=O)OC)c3Oc3ccc(C(=O)N[C@@H](Cc5cn(C(c6ccccc6)(c6ccccc6)c6ccccc6)cn5)C(=O)OC)c(c31)Oc1ccc(C(=O)N[C@@H](Cc3cn(C(c5ccccc5)(c5ccccc5)c5ccccc5)cn3)C(=O)OC)c(c12)O4. The minimum atomic E-state index is -1.68. The van der Waals surface area contributed by atoms with Gasteiger partial charge in [-0.3, -0.25) is 14.4 Å². The van der Waals surface area contributed by atoms with Crippen LogP contribution in [0.15, 0.2) is 347 Å². The molecule has 0 fully saturated rings. The molecule has 0 spiro atoms. The van der Waals surface area contributed by atoms with Crippen molar-refractivity contribution in [1.29, 1.82) is 0 Å². The number of nitrogens with zero attached hydrogens (tertiary/aromatic N) is 6. The van der Waals surface area contributed by atoms with Gasteiger partial charge in [0.2, 0.25) is 0 Å². The Balaban J connectivity index is 0.736. The van der Waals surface area contributed by atoms with Crippen molar-refractivity contribution in [3.05, 3.63) is 447 Å². The number of carbonyl (C=O) groups excluding carboxylic acids is 6. The summed E-state index contributed by atoms with van der Waals surface area (Å²) in [6.07, 6.45) is 10.3. The monoisotopic (exact) mass is 1690 g/mol. The van der Waals surface area contributed by atoms with Gasteiger partial charge in [0.25, 0.3) is 17.7 Å². The molecule has 0 saturated heterocycles. The molecule has 127 heavy (non-hydrogen) atoms. The van der Waals surface area contributed by atoms with E-state index in [0.29, 0.717) is 17.1 Å². The number of hydrogen-bond donors (Lipinski definition) is 3. The standard InChI is InChI=1S/C104H87N9O14/c1-120-67-124-57-56-101-89-86-53-50-80(95(114)108-83(98(117)121-2)58-77-61-111(64-105-77)102(68-32-14-5-15-33-68,69-34-16-6-17-35-69)70-36-18-7-19-37-70)92(89)125-87-54-51-81(96(115)109-84(99(118)122-3)59-78-62-112(65-106-78)103(71-38-20-8-21-39-71,72-40-22-9-23-41-72)73-42-24-10-25-43-73)93(90(87)101)127-88-55-52-82(94(126-86)91(88)101)97(116)110-85(100(119)123-4)60-79-63-113(66-107-79)104(74-44-26-11-27-45-74,75-46-28-12-29-47-75)76-48-30-13-31-49-76/h5-55,61-66,83-85H,56-60,67H2,1-4H3,(H,108,114)(H,109,115)(H,110,116)/t83-,84-,85-,101?/m0/s1. The molecule has 632 valence electrons. The van der Waals surface area contributed by atoms with Crippen LogP contribution in [0.3, 0.4) is 0 Å². The van der Waals surface area contributed by atoms with Gasteiger partial charge in [-0.25, -0.2) is 29.3 Å². The topological polar surface area (TPSA) is 266 Å². The summed E-state index contributed by atoms with van der Waals surface area (Å²) in [5, 5.41) is 9.00. The summed E-state index contributed by atoms with van der Waals surface area (Å²) < 4.78 is 55.7. The van der Waals surface area contributed by atoms with Gasteiger partial charge < -0.3 is 67.5 Å². The van der Waals surface area contributed by atoms with E-state index in [9.17, 15) is 14.4 Å². The largest absolute Gasteiger partial charge is 0.467 e. The molecular weight excluding hydrogens is 1600 g/mol. The van der Waals surface area contributed by atoms with Gasteiger partial charge >= 0.3 is 17.9 Å². The van der Waals surface area contributed by atoms with Crippen molar-refractivity contribution in [3.8, 4) is 34.5 Å². The van der Waals surface area contributed by atoms with Crippen LogP contribution in [-0.4, -0.2) is 124 Å². The number of ether oxygens (including phenoxy) is 8. The number of benzene rings is 12. The van der Waals surface area contributed by atoms with E-state index < -0.39 is 75.8 Å². The van der Waals surface area contributed by atoms with E-state index in [1.807, 2.05) is 196 Å². The molecule has 3 aromatic heterocycles. The Bertz CT molecular complexity index is 5630. The van der Waals surface area contributed by atoms with Crippen LogP contribution in [0.1, 0.15) is 121 Å². The van der Waals surface area contributed by atoms with E-state index in [2.05, 4.69) is 125 Å². The molecule has 0 unspecified atom stereocenters. The van der Waals surface area contributed by atoms with Crippen LogP contribution in [0.5, 0.6) is 34.5 Å². The third-order valence-corrected chi connectivity index (χ3v) is 24.2. The highest BCUT2D eigenvalue weighted by Crippen LogP contribution is 2.69. The quantitative estimate of drug-likeness (QED) is 0.0116. The highest BCUT2D eigenvalue weighted by molar-refractivity contribution is 6.05. The molecule has 3 amide bonds. The highest BCUT2D eigenvalue weighted by Gasteiger charge is 2.58. The molecule has 3 aliphatic rings. The molecule has 23 heteroatoms. The molecule has 3 aliphatic heterocycles. The number of carbonyl (C=O) groups is 6. The van der Waals surface area contributed by atoms with Crippen LogP contribution in [-0.2, 0) is 79.4 Å². The van der Waals surface area contributed by atoms with Gasteiger partial charge in [0.1, 0.15) is 76.0 Å². The van der Waals surface area contributed by atoms with Gasteiger partial charge in [-0.2, -0.15) is 0 Å². The molecule has 18 rings (SSSR count). The fourth-order valence-corrected chi connectivity index (χ4v) is 18.7. The number of hydrogen-bond acceptors (Lipinski definition) is 17. The molecule has 0 bridgehead atoms. The minimum absolute atomic E-state index is 0.0287. The lowest BCUT2D eigenvalue weighted by Crippen LogP contribution is -2.45. The maximum atomic E-state index is 15.9. The smallest absolute Gasteiger partial charge is 0.328 e. The maximum Gasteiger partial charge on any atom is 0.328 e. The lowest BCUT2D eigenvalue weighted by atomic mass is 9.62. The van der Waals surface area contributed by atoms with Gasteiger partial charge in [0.05, 0.1) is 103 Å². The first-order valence-electron chi connectivity index (χ1n) is 41.6. The van der Waals surface area contributed by atoms with Gasteiger partial charge in [0, 0.05) is 45.0 Å². The Morgan fingerprint density at radius 2 is 0.559 bits per heavy atom. The number of aromatic nitrogens is 6. The fraction of sp³-hybridized carbons (Fsp3) is 0.163. The van der Waals surface area contributed by atoms with Crippen molar-refractivity contribution in [2.45, 2.75) is 65.8 Å². The predicted molar refractivity (Wildman–Crippen MR) is 473 cm³/mol. The van der Waals surface area contributed by atoms with Crippen LogP contribution in [0.2, 0.25) is 0 Å². The Morgan fingerprint density at radius 3 is 0.772 bits per heavy atom. The van der Waals surface area contributed by atoms with Crippen molar-refractivity contribution in [1.82, 2.24) is 44.6 Å². The second-order valence-corrected chi connectivity index (χ2v) is 31.2. The molecule has 12 aromatic carbocycles. The van der Waals surface area contributed by atoms with Gasteiger partial charge in [-0.15, -0.1) is 0 Å². The lowest BCUT2D eigenvalue weighted by molar-refractivity contribution is -0.143. The molecule has 3 N–H and O–H groups in total. The predicted octanol–water partition coefficient (Wildman–Crippen LogP) is 16.0. The molecule has 6 heterocycles. The zero-order valence-electron chi connectivity index (χ0n) is 69.8. The zero-order chi connectivity index (χ0) is 87.2.